The third-order valence-corrected chi connectivity index (χ3v) is 9.52. The van der Waals surface area contributed by atoms with Crippen molar-refractivity contribution >= 4 is 5.78 Å². The Morgan fingerprint density at radius 3 is 2.63 bits per heavy atom. The highest BCUT2D eigenvalue weighted by Crippen LogP contribution is 2.64. The van der Waals surface area contributed by atoms with E-state index in [9.17, 15) is 9.90 Å². The Morgan fingerprint density at radius 1 is 1.13 bits per heavy atom. The van der Waals surface area contributed by atoms with Gasteiger partial charge in [-0.2, -0.15) is 0 Å². The lowest BCUT2D eigenvalue weighted by Crippen LogP contribution is -2.52. The van der Waals surface area contributed by atoms with Crippen LogP contribution in [0.1, 0.15) is 64.7 Å². The van der Waals surface area contributed by atoms with Crippen LogP contribution in [-0.4, -0.2) is 41.8 Å². The zero-order valence-electron chi connectivity index (χ0n) is 18.8. The average Bonchev–Trinajstić information content (AvgIpc) is 3.05. The molecule has 0 aliphatic heterocycles. The van der Waals surface area contributed by atoms with Crippen LogP contribution in [0.3, 0.4) is 0 Å². The highest BCUT2D eigenvalue weighted by Gasteiger charge is 2.59. The Hall–Kier alpha value is -1.11. The number of rotatable bonds is 6. The third-order valence-electron chi connectivity index (χ3n) is 9.52. The lowest BCUT2D eigenvalue weighted by atomic mass is 9.49. The van der Waals surface area contributed by atoms with Crippen molar-refractivity contribution in [3.05, 3.63) is 12.4 Å². The predicted octanol–water partition coefficient (Wildman–Crippen LogP) is 2.81. The Labute approximate surface area is 181 Å². The molecular formula is C24H41N3O3. The van der Waals surface area contributed by atoms with Crippen LogP contribution in [0.4, 0.5) is 0 Å². The second kappa shape index (κ2) is 8.44. The topological polar surface area (TPSA) is 102 Å². The minimum absolute atomic E-state index is 0.115. The summed E-state index contributed by atoms with van der Waals surface area (Å²) in [5.74, 6) is 9.85. The van der Waals surface area contributed by atoms with E-state index in [1.807, 2.05) is 0 Å². The van der Waals surface area contributed by atoms with Crippen molar-refractivity contribution in [1.29, 1.82) is 0 Å². The molecule has 30 heavy (non-hydrogen) atoms. The lowest BCUT2D eigenvalue weighted by Gasteiger charge is -2.57. The molecule has 5 N–H and O–H groups in total. The Balaban J connectivity index is 1.45. The SMILES string of the molecule is COC[C@@]1(O)CC[C@@H]2C3CC[C@@]4(C)C(CC[C@@H]4C(=O)CN(N)/C=C\N)C3CC[C@@H]2C1. The highest BCUT2D eigenvalue weighted by molar-refractivity contribution is 5.84. The van der Waals surface area contributed by atoms with Gasteiger partial charge in [-0.3, -0.25) is 4.79 Å². The van der Waals surface area contributed by atoms with Crippen molar-refractivity contribution in [3.8, 4) is 0 Å². The molecule has 0 saturated heterocycles. The van der Waals surface area contributed by atoms with Crippen molar-refractivity contribution in [2.45, 2.75) is 70.3 Å². The molecule has 0 aromatic heterocycles. The Kier molecular flexibility index (Phi) is 6.21. The quantitative estimate of drug-likeness (QED) is 0.452. The van der Waals surface area contributed by atoms with Crippen molar-refractivity contribution in [2.75, 3.05) is 20.3 Å². The fourth-order valence-electron chi connectivity index (χ4n) is 8.34. The molecule has 0 heterocycles. The average molecular weight is 420 g/mol. The third kappa shape index (κ3) is 3.80. The second-order valence-corrected chi connectivity index (χ2v) is 11.0. The van der Waals surface area contributed by atoms with Crippen LogP contribution in [0.15, 0.2) is 12.4 Å². The maximum Gasteiger partial charge on any atom is 0.157 e. The van der Waals surface area contributed by atoms with Crippen LogP contribution in [0.2, 0.25) is 0 Å². The smallest absolute Gasteiger partial charge is 0.157 e. The van der Waals surface area contributed by atoms with Crippen molar-refractivity contribution in [1.82, 2.24) is 5.01 Å². The second-order valence-electron chi connectivity index (χ2n) is 11.0. The maximum atomic E-state index is 13.1. The van der Waals surface area contributed by atoms with E-state index < -0.39 is 5.60 Å². The molecule has 4 aliphatic rings. The standard InChI is InChI=1S/C24H41N3O3/c1-23-9-7-18-17-8-10-24(29,15-30-2)13-16(17)3-4-19(18)20(23)5-6-21(23)22(28)14-27(26)12-11-25/h11-12,16-21,29H,3-10,13-15,25-26H2,1-2H3/b12-11-/t16-,17+,18?,19?,20?,21-,23+,24-/m1/s1. The number of Topliss-reactive ketones (excluding diaryl/α,β-unsaturated/α-hetero) is 1. The van der Waals surface area contributed by atoms with Crippen LogP contribution in [-0.2, 0) is 9.53 Å². The molecule has 8 atom stereocenters. The fourth-order valence-corrected chi connectivity index (χ4v) is 8.34. The maximum absolute atomic E-state index is 13.1. The number of nitrogens with two attached hydrogens (primary N) is 2. The van der Waals surface area contributed by atoms with Gasteiger partial charge in [0.2, 0.25) is 0 Å². The summed E-state index contributed by atoms with van der Waals surface area (Å²) in [4.78, 5) is 13.1. The van der Waals surface area contributed by atoms with Crippen molar-refractivity contribution < 1.29 is 14.6 Å². The minimum atomic E-state index is -0.622. The Morgan fingerprint density at radius 2 is 1.90 bits per heavy atom. The fraction of sp³-hybridized carbons (Fsp3) is 0.875. The summed E-state index contributed by atoms with van der Waals surface area (Å²) >= 11 is 0. The van der Waals surface area contributed by atoms with E-state index in [-0.39, 0.29) is 23.7 Å². The van der Waals surface area contributed by atoms with Crippen molar-refractivity contribution in [3.63, 3.8) is 0 Å². The molecule has 6 heteroatoms. The number of hydrogen-bond donors (Lipinski definition) is 3. The number of ether oxygens (including phenoxy) is 1. The number of hydrogen-bond acceptors (Lipinski definition) is 6. The van der Waals surface area contributed by atoms with Crippen LogP contribution < -0.4 is 11.6 Å². The van der Waals surface area contributed by atoms with Gasteiger partial charge in [-0.25, -0.2) is 5.84 Å². The molecule has 3 unspecified atom stereocenters. The van der Waals surface area contributed by atoms with Crippen LogP contribution in [0.5, 0.6) is 0 Å². The summed E-state index contributed by atoms with van der Waals surface area (Å²) in [6.07, 6.45) is 12.9. The van der Waals surface area contributed by atoms with Gasteiger partial charge in [-0.05, 0) is 92.8 Å². The highest BCUT2D eigenvalue weighted by atomic mass is 16.5. The van der Waals surface area contributed by atoms with Crippen LogP contribution in [0.25, 0.3) is 0 Å². The molecule has 0 bridgehead atoms. The predicted molar refractivity (Wildman–Crippen MR) is 117 cm³/mol. The van der Waals surface area contributed by atoms with Gasteiger partial charge in [0, 0.05) is 25.4 Å². The van der Waals surface area contributed by atoms with E-state index in [1.165, 1.54) is 36.9 Å². The van der Waals surface area contributed by atoms with E-state index in [0.29, 0.717) is 18.4 Å². The largest absolute Gasteiger partial charge is 0.403 e. The first-order valence-electron chi connectivity index (χ1n) is 11.9. The normalized spacial score (nSPS) is 45.6. The van der Waals surface area contributed by atoms with E-state index in [0.717, 1.165) is 49.9 Å². The minimum Gasteiger partial charge on any atom is -0.403 e. The molecule has 4 rings (SSSR count). The van der Waals surface area contributed by atoms with E-state index in [2.05, 4.69) is 6.92 Å². The zero-order valence-corrected chi connectivity index (χ0v) is 18.8. The molecule has 170 valence electrons. The van der Waals surface area contributed by atoms with E-state index in [1.54, 1.807) is 13.3 Å². The zero-order chi connectivity index (χ0) is 21.5. The first-order valence-corrected chi connectivity index (χ1v) is 11.9. The first kappa shape index (κ1) is 22.1. The first-order chi connectivity index (χ1) is 14.3. The van der Waals surface area contributed by atoms with Gasteiger partial charge in [0.25, 0.3) is 0 Å². The van der Waals surface area contributed by atoms with Gasteiger partial charge in [0.1, 0.15) is 0 Å². The van der Waals surface area contributed by atoms with Crippen LogP contribution >= 0.6 is 0 Å². The van der Waals surface area contributed by atoms with Gasteiger partial charge in [-0.1, -0.05) is 6.92 Å². The number of hydrazine groups is 1. The summed E-state index contributed by atoms with van der Waals surface area (Å²) in [5, 5.41) is 12.3. The molecule has 4 saturated carbocycles. The van der Waals surface area contributed by atoms with Gasteiger partial charge in [0.15, 0.2) is 5.78 Å². The monoisotopic (exact) mass is 419 g/mol. The summed E-state index contributed by atoms with van der Waals surface area (Å²) in [6.45, 7) is 3.09. The molecular weight excluding hydrogens is 378 g/mol. The number of methoxy groups -OCH3 is 1. The molecule has 4 fully saturated rings. The van der Waals surface area contributed by atoms with Gasteiger partial charge < -0.3 is 20.6 Å². The molecule has 0 aromatic rings. The molecule has 6 nitrogen and oxygen atoms in total. The summed E-state index contributed by atoms with van der Waals surface area (Å²) in [5.41, 5.74) is 4.91. The summed E-state index contributed by atoms with van der Waals surface area (Å²) < 4.78 is 5.31. The van der Waals surface area contributed by atoms with E-state index >= 15 is 0 Å². The van der Waals surface area contributed by atoms with Crippen LogP contribution in [0, 0.1) is 40.9 Å². The van der Waals surface area contributed by atoms with Gasteiger partial charge in [-0.15, -0.1) is 0 Å². The number of carbonyl (C=O) groups is 1. The van der Waals surface area contributed by atoms with Gasteiger partial charge >= 0.3 is 0 Å². The Bertz CT molecular complexity index is 670. The molecule has 0 radical (unpaired) electrons. The number of fused-ring (bicyclic) bond motifs is 5. The molecule has 0 spiro atoms. The molecule has 4 aliphatic carbocycles. The lowest BCUT2D eigenvalue weighted by molar-refractivity contribution is -0.136. The summed E-state index contributed by atoms with van der Waals surface area (Å²) in [7, 11) is 1.69. The van der Waals surface area contributed by atoms with E-state index in [4.69, 9.17) is 16.3 Å². The number of aliphatic hydroxyl groups is 1. The number of nitrogens with zero attached hydrogens (tertiary/aromatic N) is 1. The molecule has 0 aromatic carbocycles. The summed E-state index contributed by atoms with van der Waals surface area (Å²) in [6, 6.07) is 0. The number of ketones is 1. The molecule has 0 amide bonds. The number of carbonyl (C=O) groups excluding carboxylic acids is 1. The van der Waals surface area contributed by atoms with Crippen molar-refractivity contribution in [2.24, 2.45) is 52.5 Å². The van der Waals surface area contributed by atoms with Gasteiger partial charge in [0.05, 0.1) is 18.8 Å².